The maximum Gasteiger partial charge on any atom is 0.313 e. The van der Waals surface area contributed by atoms with Crippen molar-refractivity contribution in [1.29, 1.82) is 0 Å². The second-order valence-electron chi connectivity index (χ2n) is 4.80. The number of pyridine rings is 1. The molecule has 104 valence electrons. The minimum atomic E-state index is -0.770. The van der Waals surface area contributed by atoms with Gasteiger partial charge < -0.3 is 15.8 Å². The van der Waals surface area contributed by atoms with E-state index in [4.69, 9.17) is 5.73 Å². The second-order valence-corrected chi connectivity index (χ2v) is 4.80. The summed E-state index contributed by atoms with van der Waals surface area (Å²) < 4.78 is 4.67. The third-order valence-corrected chi connectivity index (χ3v) is 2.72. The van der Waals surface area contributed by atoms with Gasteiger partial charge in [-0.15, -0.1) is 0 Å². The number of nitrogens with two attached hydrogens (primary N) is 1. The molecule has 19 heavy (non-hydrogen) atoms. The molecule has 0 saturated heterocycles. The lowest BCUT2D eigenvalue weighted by atomic mass is 9.93. The first-order valence-corrected chi connectivity index (χ1v) is 5.92. The van der Waals surface area contributed by atoms with Crippen LogP contribution in [0.15, 0.2) is 18.3 Å². The van der Waals surface area contributed by atoms with Crippen molar-refractivity contribution in [2.45, 2.75) is 20.4 Å². The molecule has 0 aliphatic heterocycles. The van der Waals surface area contributed by atoms with Crippen molar-refractivity contribution in [3.05, 3.63) is 29.6 Å². The Morgan fingerprint density at radius 1 is 1.47 bits per heavy atom. The van der Waals surface area contributed by atoms with E-state index >= 15 is 0 Å². The number of nitrogens with one attached hydrogen (secondary N) is 1. The van der Waals surface area contributed by atoms with E-state index in [1.807, 2.05) is 0 Å². The molecule has 1 aromatic rings. The van der Waals surface area contributed by atoms with Crippen LogP contribution in [0.1, 0.15) is 29.9 Å². The molecule has 0 aliphatic rings. The highest BCUT2D eigenvalue weighted by atomic mass is 16.5. The molecule has 3 N–H and O–H groups in total. The number of amides is 1. The van der Waals surface area contributed by atoms with Gasteiger partial charge in [-0.2, -0.15) is 0 Å². The number of aromatic nitrogens is 1. The van der Waals surface area contributed by atoms with Crippen LogP contribution in [0.5, 0.6) is 0 Å². The fourth-order valence-electron chi connectivity index (χ4n) is 1.48. The van der Waals surface area contributed by atoms with Gasteiger partial charge in [0.1, 0.15) is 0 Å². The molecule has 0 aromatic carbocycles. The van der Waals surface area contributed by atoms with Gasteiger partial charge in [0.25, 0.3) is 5.91 Å². The van der Waals surface area contributed by atoms with Gasteiger partial charge in [0, 0.05) is 24.8 Å². The molecule has 1 amide bonds. The van der Waals surface area contributed by atoms with Gasteiger partial charge in [-0.25, -0.2) is 0 Å². The predicted molar refractivity (Wildman–Crippen MR) is 70.3 cm³/mol. The topological polar surface area (TPSA) is 94.3 Å². The number of esters is 1. The fourth-order valence-corrected chi connectivity index (χ4v) is 1.48. The van der Waals surface area contributed by atoms with Crippen LogP contribution < -0.4 is 11.1 Å². The van der Waals surface area contributed by atoms with Crippen LogP contribution >= 0.6 is 0 Å². The first-order valence-electron chi connectivity index (χ1n) is 5.92. The molecule has 6 nitrogen and oxygen atoms in total. The van der Waals surface area contributed by atoms with Gasteiger partial charge in [0.2, 0.25) is 0 Å². The summed E-state index contributed by atoms with van der Waals surface area (Å²) in [6, 6.07) is 3.22. The third kappa shape index (κ3) is 4.03. The standard InChI is InChI=1S/C13H19N3O3/c1-13(2,12(18)19-3)8-16-11(17)9-4-5-15-10(6-9)7-14/h4-6H,7-8,14H2,1-3H3,(H,16,17). The largest absolute Gasteiger partial charge is 0.469 e. The molecule has 1 aromatic heterocycles. The van der Waals surface area contributed by atoms with Crippen LogP contribution in [0.25, 0.3) is 0 Å². The Bertz CT molecular complexity index is 472. The molecule has 0 fully saturated rings. The number of nitrogens with zero attached hydrogens (tertiary/aromatic N) is 1. The van der Waals surface area contributed by atoms with Crippen molar-refractivity contribution in [3.8, 4) is 0 Å². The van der Waals surface area contributed by atoms with E-state index in [9.17, 15) is 9.59 Å². The Morgan fingerprint density at radius 3 is 2.74 bits per heavy atom. The molecular formula is C13H19N3O3. The normalized spacial score (nSPS) is 10.9. The lowest BCUT2D eigenvalue weighted by Crippen LogP contribution is -2.39. The summed E-state index contributed by atoms with van der Waals surface area (Å²) in [5.41, 5.74) is 5.80. The minimum Gasteiger partial charge on any atom is -0.469 e. The summed E-state index contributed by atoms with van der Waals surface area (Å²) >= 11 is 0. The summed E-state index contributed by atoms with van der Waals surface area (Å²) in [7, 11) is 1.32. The first-order chi connectivity index (χ1) is 8.90. The highest BCUT2D eigenvalue weighted by molar-refractivity contribution is 5.94. The maximum absolute atomic E-state index is 11.9. The molecule has 0 aliphatic carbocycles. The SMILES string of the molecule is COC(=O)C(C)(C)CNC(=O)c1ccnc(CN)c1. The van der Waals surface area contributed by atoms with Crippen LogP contribution in [-0.2, 0) is 16.1 Å². The van der Waals surface area contributed by atoms with Gasteiger partial charge in [-0.1, -0.05) is 0 Å². The van der Waals surface area contributed by atoms with E-state index in [0.29, 0.717) is 11.3 Å². The summed E-state index contributed by atoms with van der Waals surface area (Å²) in [4.78, 5) is 27.4. The molecule has 1 rings (SSSR count). The summed E-state index contributed by atoms with van der Waals surface area (Å²) in [5.74, 6) is -0.640. The Morgan fingerprint density at radius 2 is 2.16 bits per heavy atom. The van der Waals surface area contributed by atoms with Gasteiger partial charge in [0.05, 0.1) is 18.2 Å². The number of carbonyl (C=O) groups is 2. The number of carbonyl (C=O) groups excluding carboxylic acids is 2. The van der Waals surface area contributed by atoms with Crippen molar-refractivity contribution in [2.24, 2.45) is 11.1 Å². The number of ether oxygens (including phenoxy) is 1. The second kappa shape index (κ2) is 6.29. The number of hydrogen-bond acceptors (Lipinski definition) is 5. The molecule has 0 unspecified atom stereocenters. The number of hydrogen-bond donors (Lipinski definition) is 2. The fraction of sp³-hybridized carbons (Fsp3) is 0.462. The summed E-state index contributed by atoms with van der Waals surface area (Å²) in [5, 5.41) is 2.70. The quantitative estimate of drug-likeness (QED) is 0.755. The Labute approximate surface area is 112 Å². The van der Waals surface area contributed by atoms with Crippen LogP contribution in [-0.4, -0.2) is 30.5 Å². The smallest absolute Gasteiger partial charge is 0.313 e. The summed E-state index contributed by atoms with van der Waals surface area (Å²) in [6.45, 7) is 3.88. The molecule has 0 saturated carbocycles. The molecule has 0 spiro atoms. The highest BCUT2D eigenvalue weighted by Gasteiger charge is 2.29. The zero-order valence-electron chi connectivity index (χ0n) is 11.4. The zero-order chi connectivity index (χ0) is 14.5. The first kappa shape index (κ1) is 15.1. The van der Waals surface area contributed by atoms with Crippen molar-refractivity contribution >= 4 is 11.9 Å². The number of rotatable bonds is 5. The van der Waals surface area contributed by atoms with E-state index in [2.05, 4.69) is 15.0 Å². The molecule has 0 radical (unpaired) electrons. The van der Waals surface area contributed by atoms with Gasteiger partial charge in [-0.3, -0.25) is 14.6 Å². The van der Waals surface area contributed by atoms with Gasteiger partial charge >= 0.3 is 5.97 Å². The molecular weight excluding hydrogens is 246 g/mol. The van der Waals surface area contributed by atoms with Gasteiger partial charge in [0.15, 0.2) is 0 Å². The van der Waals surface area contributed by atoms with E-state index < -0.39 is 5.41 Å². The van der Waals surface area contributed by atoms with Gasteiger partial charge in [-0.05, 0) is 26.0 Å². The Hall–Kier alpha value is -1.95. The van der Waals surface area contributed by atoms with Crippen molar-refractivity contribution in [2.75, 3.05) is 13.7 Å². The molecule has 1 heterocycles. The van der Waals surface area contributed by atoms with Crippen molar-refractivity contribution in [3.63, 3.8) is 0 Å². The highest BCUT2D eigenvalue weighted by Crippen LogP contribution is 2.15. The average molecular weight is 265 g/mol. The molecule has 0 atom stereocenters. The lowest BCUT2D eigenvalue weighted by Gasteiger charge is -2.21. The van der Waals surface area contributed by atoms with Crippen LogP contribution in [0.4, 0.5) is 0 Å². The zero-order valence-corrected chi connectivity index (χ0v) is 11.4. The Kier molecular flexibility index (Phi) is 5.00. The predicted octanol–water partition coefficient (Wildman–Crippen LogP) is 0.469. The maximum atomic E-state index is 11.9. The average Bonchev–Trinajstić information content (AvgIpc) is 2.43. The van der Waals surface area contributed by atoms with E-state index in [1.54, 1.807) is 26.0 Å². The Balaban J connectivity index is 2.67. The number of methoxy groups -OCH3 is 1. The molecule has 0 bridgehead atoms. The van der Waals surface area contributed by atoms with Crippen LogP contribution in [0.3, 0.4) is 0 Å². The van der Waals surface area contributed by atoms with E-state index in [0.717, 1.165) is 0 Å². The lowest BCUT2D eigenvalue weighted by molar-refractivity contribution is -0.150. The van der Waals surface area contributed by atoms with Crippen LogP contribution in [0, 0.1) is 5.41 Å². The molecule has 6 heteroatoms. The monoisotopic (exact) mass is 265 g/mol. The summed E-state index contributed by atoms with van der Waals surface area (Å²) in [6.07, 6.45) is 1.53. The van der Waals surface area contributed by atoms with Crippen molar-refractivity contribution in [1.82, 2.24) is 10.3 Å². The van der Waals surface area contributed by atoms with Crippen LogP contribution in [0.2, 0.25) is 0 Å². The van der Waals surface area contributed by atoms with E-state index in [-0.39, 0.29) is 25.0 Å². The third-order valence-electron chi connectivity index (χ3n) is 2.72. The minimum absolute atomic E-state index is 0.193. The van der Waals surface area contributed by atoms with E-state index in [1.165, 1.54) is 13.3 Å². The van der Waals surface area contributed by atoms with Crippen molar-refractivity contribution < 1.29 is 14.3 Å².